The van der Waals surface area contributed by atoms with E-state index in [-0.39, 0.29) is 24.4 Å². The van der Waals surface area contributed by atoms with Gasteiger partial charge < -0.3 is 9.47 Å². The topological polar surface area (TPSA) is 119 Å². The zero-order valence-corrected chi connectivity index (χ0v) is 13.7. The van der Waals surface area contributed by atoms with Gasteiger partial charge in [0.05, 0.1) is 5.92 Å². The van der Waals surface area contributed by atoms with E-state index in [0.29, 0.717) is 0 Å². The molecule has 3 N–H and O–H groups in total. The SMILES string of the molecule is CNN(C(C)=N)N(C=N)COC(=O)COC(=O)C(C)C(C)C. The van der Waals surface area contributed by atoms with Crippen LogP contribution in [0.3, 0.4) is 0 Å². The number of hydrazine groups is 2. The van der Waals surface area contributed by atoms with E-state index >= 15 is 0 Å². The summed E-state index contributed by atoms with van der Waals surface area (Å²) in [7, 11) is 1.56. The minimum absolute atomic E-state index is 0.110. The van der Waals surface area contributed by atoms with Crippen molar-refractivity contribution in [2.45, 2.75) is 27.7 Å². The molecule has 0 aliphatic heterocycles. The van der Waals surface area contributed by atoms with Crippen molar-refractivity contribution in [1.82, 2.24) is 15.6 Å². The van der Waals surface area contributed by atoms with E-state index in [1.54, 1.807) is 14.0 Å². The highest BCUT2D eigenvalue weighted by Gasteiger charge is 2.20. The van der Waals surface area contributed by atoms with E-state index in [1.807, 2.05) is 13.8 Å². The Morgan fingerprint density at radius 3 is 2.27 bits per heavy atom. The fourth-order valence-corrected chi connectivity index (χ4v) is 1.36. The molecule has 0 aromatic rings. The average molecular weight is 315 g/mol. The molecule has 1 atom stereocenters. The van der Waals surface area contributed by atoms with Crippen LogP contribution in [0.4, 0.5) is 0 Å². The number of rotatable bonds is 9. The lowest BCUT2D eigenvalue weighted by atomic mass is 9.99. The molecule has 0 fully saturated rings. The van der Waals surface area contributed by atoms with Crippen LogP contribution in [-0.4, -0.2) is 54.6 Å². The second-order valence-electron chi connectivity index (χ2n) is 4.98. The highest BCUT2D eigenvalue weighted by atomic mass is 16.6. The molecule has 0 aromatic heterocycles. The molecule has 0 aromatic carbocycles. The zero-order chi connectivity index (χ0) is 17.3. The number of ether oxygens (including phenoxy) is 2. The van der Waals surface area contributed by atoms with Gasteiger partial charge in [0, 0.05) is 7.05 Å². The van der Waals surface area contributed by atoms with Gasteiger partial charge in [-0.15, -0.1) is 0 Å². The van der Waals surface area contributed by atoms with Gasteiger partial charge in [0.15, 0.2) is 13.3 Å². The Morgan fingerprint density at radius 1 is 1.27 bits per heavy atom. The minimum atomic E-state index is -0.727. The average Bonchev–Trinajstić information content (AvgIpc) is 2.47. The maximum absolute atomic E-state index is 11.6. The van der Waals surface area contributed by atoms with Crippen LogP contribution >= 0.6 is 0 Å². The first-order chi connectivity index (χ1) is 10.2. The highest BCUT2D eigenvalue weighted by molar-refractivity contribution is 5.78. The molecule has 0 heterocycles. The van der Waals surface area contributed by atoms with Gasteiger partial charge in [0.25, 0.3) is 0 Å². The third kappa shape index (κ3) is 6.53. The molecule has 9 heteroatoms. The van der Waals surface area contributed by atoms with E-state index in [0.717, 1.165) is 6.34 Å². The molecule has 1 unspecified atom stereocenters. The van der Waals surface area contributed by atoms with E-state index in [2.05, 4.69) is 5.43 Å². The molecule has 0 rings (SSSR count). The van der Waals surface area contributed by atoms with Crippen molar-refractivity contribution in [2.75, 3.05) is 20.4 Å². The number of esters is 2. The van der Waals surface area contributed by atoms with Crippen LogP contribution in [0.1, 0.15) is 27.7 Å². The normalized spacial score (nSPS) is 11.5. The Morgan fingerprint density at radius 2 is 1.86 bits per heavy atom. The molecule has 126 valence electrons. The van der Waals surface area contributed by atoms with E-state index < -0.39 is 18.5 Å². The summed E-state index contributed by atoms with van der Waals surface area (Å²) in [5, 5.41) is 17.1. The number of nitrogens with one attached hydrogen (secondary N) is 3. The van der Waals surface area contributed by atoms with Gasteiger partial charge in [0.1, 0.15) is 12.2 Å². The first-order valence-corrected chi connectivity index (χ1v) is 6.86. The summed E-state index contributed by atoms with van der Waals surface area (Å²) in [6.45, 7) is 6.24. The van der Waals surface area contributed by atoms with Crippen molar-refractivity contribution in [3.63, 3.8) is 0 Å². The molecule has 0 aliphatic rings. The molecule has 22 heavy (non-hydrogen) atoms. The summed E-state index contributed by atoms with van der Waals surface area (Å²) in [4.78, 5) is 23.2. The lowest BCUT2D eigenvalue weighted by Gasteiger charge is -2.31. The van der Waals surface area contributed by atoms with Gasteiger partial charge in [-0.05, 0) is 12.8 Å². The standard InChI is InChI=1S/C13H25N5O4/c1-9(2)10(3)13(20)21-6-12(19)22-8-17(7-14)18(16-5)11(4)15/h7,9-10,14-16H,6,8H2,1-5H3. The van der Waals surface area contributed by atoms with E-state index in [9.17, 15) is 9.59 Å². The third-order valence-corrected chi connectivity index (χ3v) is 3.00. The number of amidine groups is 1. The van der Waals surface area contributed by atoms with Crippen molar-refractivity contribution in [3.05, 3.63) is 0 Å². The van der Waals surface area contributed by atoms with Crippen molar-refractivity contribution in [1.29, 1.82) is 10.8 Å². The fourth-order valence-electron chi connectivity index (χ4n) is 1.36. The van der Waals surface area contributed by atoms with Crippen LogP contribution in [-0.2, 0) is 19.1 Å². The maximum Gasteiger partial charge on any atom is 0.346 e. The van der Waals surface area contributed by atoms with Gasteiger partial charge >= 0.3 is 11.9 Å². The van der Waals surface area contributed by atoms with Gasteiger partial charge in [-0.3, -0.25) is 15.6 Å². The molecule has 0 saturated carbocycles. The number of carbonyl (C=O) groups is 2. The number of hydrogen-bond acceptors (Lipinski definition) is 7. The van der Waals surface area contributed by atoms with Crippen LogP contribution < -0.4 is 5.43 Å². The van der Waals surface area contributed by atoms with E-state index in [4.69, 9.17) is 20.3 Å². The number of carbonyl (C=O) groups excluding carboxylic acids is 2. The fraction of sp³-hybridized carbons (Fsp3) is 0.692. The molecule has 0 spiro atoms. The molecule has 0 radical (unpaired) electrons. The van der Waals surface area contributed by atoms with Gasteiger partial charge in [0.2, 0.25) is 0 Å². The van der Waals surface area contributed by atoms with Crippen molar-refractivity contribution >= 4 is 24.1 Å². The Bertz CT molecular complexity index is 413. The minimum Gasteiger partial charge on any atom is -0.453 e. The largest absolute Gasteiger partial charge is 0.453 e. The van der Waals surface area contributed by atoms with Crippen LogP contribution in [0.25, 0.3) is 0 Å². The zero-order valence-electron chi connectivity index (χ0n) is 13.7. The molecule has 0 saturated heterocycles. The number of nitrogens with zero attached hydrogens (tertiary/aromatic N) is 2. The molecular weight excluding hydrogens is 290 g/mol. The molecule has 0 aliphatic carbocycles. The monoisotopic (exact) mass is 315 g/mol. The quantitative estimate of drug-likeness (QED) is 0.187. The molecule has 0 amide bonds. The highest BCUT2D eigenvalue weighted by Crippen LogP contribution is 2.11. The summed E-state index contributed by atoms with van der Waals surface area (Å²) in [5.74, 6) is -1.25. The van der Waals surface area contributed by atoms with Crippen molar-refractivity contribution in [2.24, 2.45) is 11.8 Å². The van der Waals surface area contributed by atoms with Crippen LogP contribution in [0.15, 0.2) is 0 Å². The summed E-state index contributed by atoms with van der Waals surface area (Å²) >= 11 is 0. The van der Waals surface area contributed by atoms with Crippen molar-refractivity contribution < 1.29 is 19.1 Å². The second kappa shape index (κ2) is 9.72. The first kappa shape index (κ1) is 19.8. The Kier molecular flexibility index (Phi) is 8.76. The summed E-state index contributed by atoms with van der Waals surface area (Å²) in [6, 6.07) is 0. The van der Waals surface area contributed by atoms with Gasteiger partial charge in [-0.1, -0.05) is 20.8 Å². The van der Waals surface area contributed by atoms with Crippen LogP contribution in [0, 0.1) is 22.7 Å². The third-order valence-electron chi connectivity index (χ3n) is 3.00. The molecule has 0 bridgehead atoms. The smallest absolute Gasteiger partial charge is 0.346 e. The Balaban J connectivity index is 4.29. The van der Waals surface area contributed by atoms with Crippen molar-refractivity contribution in [3.8, 4) is 0 Å². The van der Waals surface area contributed by atoms with Crippen LogP contribution in [0.2, 0.25) is 0 Å². The van der Waals surface area contributed by atoms with Gasteiger partial charge in [-0.25, -0.2) is 15.2 Å². The van der Waals surface area contributed by atoms with Gasteiger partial charge in [-0.2, -0.15) is 5.12 Å². The second-order valence-corrected chi connectivity index (χ2v) is 4.98. The Labute approximate surface area is 130 Å². The summed E-state index contributed by atoms with van der Waals surface area (Å²) in [6.07, 6.45) is 0.897. The number of hydrogen-bond donors (Lipinski definition) is 3. The summed E-state index contributed by atoms with van der Waals surface area (Å²) < 4.78 is 9.77. The predicted octanol–water partition coefficient (Wildman–Crippen LogP) is 0.580. The lowest BCUT2D eigenvalue weighted by molar-refractivity contribution is -0.166. The Hall–Kier alpha value is -2.16. The molecular formula is C13H25N5O4. The lowest BCUT2D eigenvalue weighted by Crippen LogP contribution is -2.52. The predicted molar refractivity (Wildman–Crippen MR) is 80.8 cm³/mol. The molecule has 9 nitrogen and oxygen atoms in total. The maximum atomic E-state index is 11.6. The van der Waals surface area contributed by atoms with E-state index in [1.165, 1.54) is 17.1 Å². The van der Waals surface area contributed by atoms with Crippen LogP contribution in [0.5, 0.6) is 0 Å². The first-order valence-electron chi connectivity index (χ1n) is 6.86. The summed E-state index contributed by atoms with van der Waals surface area (Å²) in [5.41, 5.74) is 2.66.